The highest BCUT2D eigenvalue weighted by Crippen LogP contribution is 2.25. The minimum absolute atomic E-state index is 0.257. The molecule has 0 spiro atoms. The Labute approximate surface area is 111 Å². The van der Waals surface area contributed by atoms with E-state index in [9.17, 15) is 9.50 Å². The Bertz CT molecular complexity index is 363. The lowest BCUT2D eigenvalue weighted by Crippen LogP contribution is -2.27. The van der Waals surface area contributed by atoms with Gasteiger partial charge in [0.2, 0.25) is 0 Å². The van der Waals surface area contributed by atoms with Gasteiger partial charge in [-0.3, -0.25) is 0 Å². The van der Waals surface area contributed by atoms with Crippen LogP contribution in [-0.2, 0) is 6.42 Å². The van der Waals surface area contributed by atoms with Crippen molar-refractivity contribution in [1.82, 2.24) is 0 Å². The van der Waals surface area contributed by atoms with Crippen LogP contribution in [0.25, 0.3) is 0 Å². The predicted octanol–water partition coefficient (Wildman–Crippen LogP) is 4.46. The molecule has 3 heteroatoms. The second kappa shape index (κ2) is 6.50. The van der Waals surface area contributed by atoms with Crippen LogP contribution < -0.4 is 0 Å². The van der Waals surface area contributed by atoms with E-state index in [2.05, 4.69) is 22.9 Å². The van der Waals surface area contributed by atoms with Crippen molar-refractivity contribution >= 4 is 15.9 Å². The zero-order chi connectivity index (χ0) is 12.9. The Balaban J connectivity index is 2.65. The lowest BCUT2D eigenvalue weighted by Gasteiger charge is -2.24. The van der Waals surface area contributed by atoms with Crippen LogP contribution in [0.1, 0.15) is 45.1 Å². The maximum absolute atomic E-state index is 13.1. The van der Waals surface area contributed by atoms with E-state index < -0.39 is 5.60 Å². The van der Waals surface area contributed by atoms with Crippen molar-refractivity contribution in [1.29, 1.82) is 0 Å². The molecule has 0 aliphatic rings. The SMILES string of the molecule is CCCCCC(C)(O)Cc1cc(F)ccc1Br. The molecule has 1 nitrogen and oxygen atoms in total. The third-order valence-corrected chi connectivity index (χ3v) is 3.67. The number of benzene rings is 1. The smallest absolute Gasteiger partial charge is 0.123 e. The Hall–Kier alpha value is -0.410. The molecular formula is C14H20BrFO. The van der Waals surface area contributed by atoms with E-state index in [1.54, 1.807) is 6.07 Å². The first kappa shape index (κ1) is 14.7. The van der Waals surface area contributed by atoms with Gasteiger partial charge in [0.05, 0.1) is 5.60 Å². The molecule has 0 saturated heterocycles. The van der Waals surface area contributed by atoms with Crippen LogP contribution in [0.2, 0.25) is 0 Å². The lowest BCUT2D eigenvalue weighted by molar-refractivity contribution is 0.0484. The van der Waals surface area contributed by atoms with Crippen LogP contribution in [-0.4, -0.2) is 10.7 Å². The molecule has 0 aliphatic heterocycles. The Morgan fingerprint density at radius 3 is 2.71 bits per heavy atom. The Kier molecular flexibility index (Phi) is 5.60. The Morgan fingerprint density at radius 2 is 2.06 bits per heavy atom. The summed E-state index contributed by atoms with van der Waals surface area (Å²) in [6.45, 7) is 3.96. The van der Waals surface area contributed by atoms with Crippen LogP contribution in [0.4, 0.5) is 4.39 Å². The summed E-state index contributed by atoms with van der Waals surface area (Å²) in [5.74, 6) is -0.257. The second-order valence-corrected chi connectivity index (χ2v) is 5.72. The topological polar surface area (TPSA) is 20.2 Å². The molecule has 0 fully saturated rings. The monoisotopic (exact) mass is 302 g/mol. The molecule has 0 amide bonds. The summed E-state index contributed by atoms with van der Waals surface area (Å²) in [6, 6.07) is 4.59. The molecule has 1 aromatic carbocycles. The van der Waals surface area contributed by atoms with Crippen molar-refractivity contribution in [2.75, 3.05) is 0 Å². The quantitative estimate of drug-likeness (QED) is 0.769. The fraction of sp³-hybridized carbons (Fsp3) is 0.571. The van der Waals surface area contributed by atoms with Crippen molar-refractivity contribution in [3.8, 4) is 0 Å². The first-order valence-corrected chi connectivity index (χ1v) is 6.90. The zero-order valence-corrected chi connectivity index (χ0v) is 12.1. The minimum atomic E-state index is -0.758. The molecule has 96 valence electrons. The molecule has 0 bridgehead atoms. The van der Waals surface area contributed by atoms with Gasteiger partial charge in [-0.05, 0) is 37.1 Å². The number of aliphatic hydroxyl groups is 1. The van der Waals surface area contributed by atoms with Gasteiger partial charge in [-0.1, -0.05) is 42.1 Å². The number of halogens is 2. The molecular weight excluding hydrogens is 283 g/mol. The highest BCUT2D eigenvalue weighted by Gasteiger charge is 2.21. The predicted molar refractivity (Wildman–Crippen MR) is 72.6 cm³/mol. The van der Waals surface area contributed by atoms with Gasteiger partial charge in [0, 0.05) is 10.9 Å². The number of unbranched alkanes of at least 4 members (excludes halogenated alkanes) is 2. The van der Waals surface area contributed by atoms with Crippen molar-refractivity contribution in [2.24, 2.45) is 0 Å². The fourth-order valence-electron chi connectivity index (χ4n) is 1.93. The molecule has 0 radical (unpaired) electrons. The van der Waals surface area contributed by atoms with E-state index in [1.165, 1.54) is 12.1 Å². The maximum Gasteiger partial charge on any atom is 0.123 e. The molecule has 1 unspecified atom stereocenters. The van der Waals surface area contributed by atoms with Gasteiger partial charge in [0.1, 0.15) is 5.82 Å². The van der Waals surface area contributed by atoms with E-state index in [4.69, 9.17) is 0 Å². The first-order valence-electron chi connectivity index (χ1n) is 6.11. The van der Waals surface area contributed by atoms with Crippen molar-refractivity contribution in [3.63, 3.8) is 0 Å². The standard InChI is InChI=1S/C14H20BrFO/c1-3-4-5-8-14(2,17)10-11-9-12(16)6-7-13(11)15/h6-7,9,17H,3-5,8,10H2,1-2H3. The van der Waals surface area contributed by atoms with Gasteiger partial charge in [-0.15, -0.1) is 0 Å². The average Bonchev–Trinajstić information content (AvgIpc) is 2.23. The molecule has 0 heterocycles. The average molecular weight is 303 g/mol. The Morgan fingerprint density at radius 1 is 1.35 bits per heavy atom. The van der Waals surface area contributed by atoms with Crippen LogP contribution in [0.5, 0.6) is 0 Å². The van der Waals surface area contributed by atoms with Gasteiger partial charge >= 0.3 is 0 Å². The largest absolute Gasteiger partial charge is 0.390 e. The van der Waals surface area contributed by atoms with Crippen LogP contribution >= 0.6 is 15.9 Å². The maximum atomic E-state index is 13.1. The summed E-state index contributed by atoms with van der Waals surface area (Å²) in [7, 11) is 0. The molecule has 0 aromatic heterocycles. The highest BCUT2D eigenvalue weighted by molar-refractivity contribution is 9.10. The third kappa shape index (κ3) is 5.17. The minimum Gasteiger partial charge on any atom is -0.390 e. The molecule has 1 atom stereocenters. The van der Waals surface area contributed by atoms with Crippen molar-refractivity contribution < 1.29 is 9.50 Å². The summed E-state index contributed by atoms with van der Waals surface area (Å²) in [4.78, 5) is 0. The molecule has 1 N–H and O–H groups in total. The van der Waals surface area contributed by atoms with Crippen molar-refractivity contribution in [2.45, 2.75) is 51.6 Å². The second-order valence-electron chi connectivity index (χ2n) is 4.87. The fourth-order valence-corrected chi connectivity index (χ4v) is 2.32. The van der Waals surface area contributed by atoms with Gasteiger partial charge in [0.25, 0.3) is 0 Å². The lowest BCUT2D eigenvalue weighted by atomic mass is 9.91. The summed E-state index contributed by atoms with van der Waals surface area (Å²) in [5.41, 5.74) is 0.0670. The number of rotatable bonds is 6. The van der Waals surface area contributed by atoms with Gasteiger partial charge in [0.15, 0.2) is 0 Å². The number of hydrogen-bond acceptors (Lipinski definition) is 1. The van der Waals surface area contributed by atoms with Gasteiger partial charge in [-0.2, -0.15) is 0 Å². The summed E-state index contributed by atoms with van der Waals surface area (Å²) in [5, 5.41) is 10.3. The van der Waals surface area contributed by atoms with Crippen molar-refractivity contribution in [3.05, 3.63) is 34.1 Å². The van der Waals surface area contributed by atoms with E-state index in [0.29, 0.717) is 6.42 Å². The van der Waals surface area contributed by atoms with E-state index in [1.807, 2.05) is 6.92 Å². The summed E-state index contributed by atoms with van der Waals surface area (Å²) in [6.07, 6.45) is 4.51. The molecule has 1 rings (SSSR count). The van der Waals surface area contributed by atoms with E-state index in [0.717, 1.165) is 35.7 Å². The van der Waals surface area contributed by atoms with Crippen LogP contribution in [0.15, 0.2) is 22.7 Å². The normalized spacial score (nSPS) is 14.6. The molecule has 1 aromatic rings. The summed E-state index contributed by atoms with van der Waals surface area (Å²) < 4.78 is 14.0. The van der Waals surface area contributed by atoms with Gasteiger partial charge in [-0.25, -0.2) is 4.39 Å². The third-order valence-electron chi connectivity index (χ3n) is 2.90. The van der Waals surface area contributed by atoms with Gasteiger partial charge < -0.3 is 5.11 Å². The first-order chi connectivity index (χ1) is 7.94. The molecule has 0 saturated carbocycles. The molecule has 0 aliphatic carbocycles. The highest BCUT2D eigenvalue weighted by atomic mass is 79.9. The van der Waals surface area contributed by atoms with Crippen LogP contribution in [0.3, 0.4) is 0 Å². The van der Waals surface area contributed by atoms with Crippen LogP contribution in [0, 0.1) is 5.82 Å². The van der Waals surface area contributed by atoms with E-state index >= 15 is 0 Å². The number of hydrogen-bond donors (Lipinski definition) is 1. The van der Waals surface area contributed by atoms with E-state index in [-0.39, 0.29) is 5.82 Å². The summed E-state index contributed by atoms with van der Waals surface area (Å²) >= 11 is 3.39. The zero-order valence-electron chi connectivity index (χ0n) is 10.5. The molecule has 17 heavy (non-hydrogen) atoms.